The van der Waals surface area contributed by atoms with Gasteiger partial charge in [-0.3, -0.25) is 4.90 Å². The zero-order valence-corrected chi connectivity index (χ0v) is 12.1. The Balaban J connectivity index is 2.01. The third kappa shape index (κ3) is 2.45. The minimum Gasteiger partial charge on any atom is -0.379 e. The minimum atomic E-state index is -0.135. The van der Waals surface area contributed by atoms with Crippen molar-refractivity contribution in [2.75, 3.05) is 26.3 Å². The van der Waals surface area contributed by atoms with E-state index in [0.29, 0.717) is 0 Å². The van der Waals surface area contributed by atoms with Crippen LogP contribution in [0.25, 0.3) is 10.9 Å². The number of benzene rings is 1. The summed E-state index contributed by atoms with van der Waals surface area (Å²) < 4.78 is 21.7. The highest BCUT2D eigenvalue weighted by molar-refractivity contribution is 5.82. The van der Waals surface area contributed by atoms with E-state index in [4.69, 9.17) is 4.74 Å². The second-order valence-electron chi connectivity index (χ2n) is 5.67. The van der Waals surface area contributed by atoms with Crippen LogP contribution in [0.5, 0.6) is 0 Å². The number of hydrogen-bond acceptors (Lipinski definition) is 2. The Bertz CT molecular complexity index is 600. The first-order valence-electron chi connectivity index (χ1n) is 7.25. The lowest BCUT2D eigenvalue weighted by atomic mass is 10.2. The second-order valence-corrected chi connectivity index (χ2v) is 5.67. The molecule has 4 heteroatoms. The number of nitrogens with zero attached hydrogens (tertiary/aromatic N) is 2. The van der Waals surface area contributed by atoms with Crippen molar-refractivity contribution in [3.8, 4) is 0 Å². The molecule has 2 heterocycles. The Kier molecular flexibility index (Phi) is 3.76. The summed E-state index contributed by atoms with van der Waals surface area (Å²) >= 11 is 0. The molecule has 0 atom stereocenters. The summed E-state index contributed by atoms with van der Waals surface area (Å²) in [5, 5.41) is 0.988. The summed E-state index contributed by atoms with van der Waals surface area (Å²) in [7, 11) is 0. The van der Waals surface area contributed by atoms with Crippen LogP contribution < -0.4 is 0 Å². The molecule has 20 heavy (non-hydrogen) atoms. The van der Waals surface area contributed by atoms with Crippen LogP contribution >= 0.6 is 0 Å². The average molecular weight is 276 g/mol. The van der Waals surface area contributed by atoms with Crippen molar-refractivity contribution in [3.05, 3.63) is 35.8 Å². The van der Waals surface area contributed by atoms with Crippen LogP contribution in [0.4, 0.5) is 4.39 Å². The van der Waals surface area contributed by atoms with Crippen molar-refractivity contribution in [2.45, 2.75) is 26.4 Å². The maximum Gasteiger partial charge on any atom is 0.147 e. The molecule has 1 aromatic heterocycles. The summed E-state index contributed by atoms with van der Waals surface area (Å²) in [6, 6.07) is 7.68. The molecule has 1 aromatic carbocycles. The first kappa shape index (κ1) is 13.6. The van der Waals surface area contributed by atoms with Crippen LogP contribution in [-0.2, 0) is 11.3 Å². The van der Waals surface area contributed by atoms with Gasteiger partial charge in [0.05, 0.1) is 18.7 Å². The lowest BCUT2D eigenvalue weighted by Gasteiger charge is -2.27. The normalized spacial score (nSPS) is 17.2. The molecule has 1 aliphatic rings. The molecule has 0 radical (unpaired) electrons. The fourth-order valence-corrected chi connectivity index (χ4v) is 3.00. The fraction of sp³-hybridized carbons (Fsp3) is 0.500. The third-order valence-electron chi connectivity index (χ3n) is 3.90. The van der Waals surface area contributed by atoms with Gasteiger partial charge in [-0.1, -0.05) is 12.1 Å². The molecule has 0 aliphatic carbocycles. The number of para-hydroxylation sites is 1. The summed E-state index contributed by atoms with van der Waals surface area (Å²) in [4.78, 5) is 2.37. The quantitative estimate of drug-likeness (QED) is 0.856. The Hall–Kier alpha value is -1.39. The largest absolute Gasteiger partial charge is 0.379 e. The predicted molar refractivity (Wildman–Crippen MR) is 78.4 cm³/mol. The van der Waals surface area contributed by atoms with Crippen LogP contribution in [0.3, 0.4) is 0 Å². The van der Waals surface area contributed by atoms with E-state index in [2.05, 4.69) is 29.4 Å². The van der Waals surface area contributed by atoms with Gasteiger partial charge in [0.25, 0.3) is 0 Å². The molecule has 1 fully saturated rings. The number of ether oxygens (including phenoxy) is 1. The lowest BCUT2D eigenvalue weighted by Crippen LogP contribution is -2.36. The van der Waals surface area contributed by atoms with Crippen LogP contribution in [0.15, 0.2) is 24.3 Å². The Morgan fingerprint density at radius 3 is 2.70 bits per heavy atom. The minimum absolute atomic E-state index is 0.135. The molecule has 0 N–H and O–H groups in total. The predicted octanol–water partition coefficient (Wildman–Crippen LogP) is 3.19. The molecular formula is C16H21FN2O. The summed E-state index contributed by atoms with van der Waals surface area (Å²) in [6.07, 6.45) is 0. The van der Waals surface area contributed by atoms with Crippen molar-refractivity contribution < 1.29 is 9.13 Å². The molecule has 0 unspecified atom stereocenters. The van der Waals surface area contributed by atoms with Gasteiger partial charge < -0.3 is 9.30 Å². The zero-order valence-electron chi connectivity index (χ0n) is 12.1. The number of hydrogen-bond donors (Lipinski definition) is 0. The van der Waals surface area contributed by atoms with Gasteiger partial charge in [-0.05, 0) is 26.0 Å². The molecule has 0 amide bonds. The molecule has 3 rings (SSSR count). The van der Waals surface area contributed by atoms with E-state index in [1.54, 1.807) is 12.1 Å². The van der Waals surface area contributed by atoms with Gasteiger partial charge in [0.15, 0.2) is 0 Å². The second kappa shape index (κ2) is 5.54. The first-order chi connectivity index (χ1) is 9.66. The van der Waals surface area contributed by atoms with Crippen LogP contribution in [0, 0.1) is 5.82 Å². The van der Waals surface area contributed by atoms with Gasteiger partial charge >= 0.3 is 0 Å². The first-order valence-corrected chi connectivity index (χ1v) is 7.25. The lowest BCUT2D eigenvalue weighted by molar-refractivity contribution is 0.0331. The molecule has 3 nitrogen and oxygen atoms in total. The molecule has 0 bridgehead atoms. The molecule has 1 aliphatic heterocycles. The van der Waals surface area contributed by atoms with Gasteiger partial charge in [0, 0.05) is 36.8 Å². The molecule has 2 aromatic rings. The van der Waals surface area contributed by atoms with Crippen molar-refractivity contribution in [1.82, 2.24) is 9.47 Å². The van der Waals surface area contributed by atoms with E-state index < -0.39 is 0 Å². The highest BCUT2D eigenvalue weighted by Crippen LogP contribution is 2.27. The van der Waals surface area contributed by atoms with Crippen LogP contribution in [0.1, 0.15) is 25.6 Å². The number of halogens is 1. The highest BCUT2D eigenvalue weighted by Gasteiger charge is 2.18. The van der Waals surface area contributed by atoms with Crippen molar-refractivity contribution >= 4 is 10.9 Å². The van der Waals surface area contributed by atoms with Crippen LogP contribution in [-0.4, -0.2) is 35.8 Å². The van der Waals surface area contributed by atoms with Gasteiger partial charge in [-0.15, -0.1) is 0 Å². The van der Waals surface area contributed by atoms with E-state index >= 15 is 0 Å². The Morgan fingerprint density at radius 2 is 2.00 bits per heavy atom. The fourth-order valence-electron chi connectivity index (χ4n) is 3.00. The van der Waals surface area contributed by atoms with E-state index in [1.165, 1.54) is 5.69 Å². The smallest absolute Gasteiger partial charge is 0.147 e. The summed E-state index contributed by atoms with van der Waals surface area (Å²) in [6.45, 7) is 8.54. The third-order valence-corrected chi connectivity index (χ3v) is 3.90. The molecule has 0 saturated carbocycles. The standard InChI is InChI=1S/C16H21FN2O/c1-12(2)19-14(11-18-6-8-20-9-7-18)10-13-4-3-5-15(17)16(13)19/h3-5,10,12H,6-9,11H2,1-2H3. The molecule has 108 valence electrons. The maximum absolute atomic E-state index is 14.1. The number of fused-ring (bicyclic) bond motifs is 1. The molecule has 1 saturated heterocycles. The van der Waals surface area contributed by atoms with E-state index in [9.17, 15) is 4.39 Å². The SMILES string of the molecule is CC(C)n1c(CN2CCOCC2)cc2cccc(F)c21. The highest BCUT2D eigenvalue weighted by atomic mass is 19.1. The molecular weight excluding hydrogens is 255 g/mol. The van der Waals surface area contributed by atoms with E-state index in [1.807, 2.05) is 6.07 Å². The van der Waals surface area contributed by atoms with Crippen LogP contribution in [0.2, 0.25) is 0 Å². The monoisotopic (exact) mass is 276 g/mol. The van der Waals surface area contributed by atoms with Crippen molar-refractivity contribution in [2.24, 2.45) is 0 Å². The number of rotatable bonds is 3. The number of aromatic nitrogens is 1. The van der Waals surface area contributed by atoms with Gasteiger partial charge in [-0.25, -0.2) is 4.39 Å². The van der Waals surface area contributed by atoms with E-state index in [0.717, 1.165) is 43.8 Å². The summed E-state index contributed by atoms with van der Waals surface area (Å²) in [5.74, 6) is -0.135. The van der Waals surface area contributed by atoms with Gasteiger partial charge in [0.2, 0.25) is 0 Å². The van der Waals surface area contributed by atoms with Gasteiger partial charge in [0.1, 0.15) is 5.82 Å². The van der Waals surface area contributed by atoms with Crippen molar-refractivity contribution in [3.63, 3.8) is 0 Å². The molecule has 0 spiro atoms. The Labute approximate surface area is 118 Å². The average Bonchev–Trinajstić information content (AvgIpc) is 2.79. The van der Waals surface area contributed by atoms with E-state index in [-0.39, 0.29) is 11.9 Å². The maximum atomic E-state index is 14.1. The van der Waals surface area contributed by atoms with Gasteiger partial charge in [-0.2, -0.15) is 0 Å². The van der Waals surface area contributed by atoms with Crippen molar-refractivity contribution in [1.29, 1.82) is 0 Å². The topological polar surface area (TPSA) is 17.4 Å². The number of morpholine rings is 1. The summed E-state index contributed by atoms with van der Waals surface area (Å²) in [5.41, 5.74) is 1.91. The Morgan fingerprint density at radius 1 is 1.25 bits per heavy atom. The zero-order chi connectivity index (χ0) is 14.1.